The lowest BCUT2D eigenvalue weighted by atomic mass is 10.1. The Morgan fingerprint density at radius 3 is 2.89 bits per heavy atom. The standard InChI is InChI=1S/C19H21N3O5/c1-3-26-17-8-13-6-11(2)27-18(13)9-14(17)10-21-19(23)12-4-5-15(20)16(7-12)22(24)25/h4-5,7-9,11H,3,6,10,20H2,1-2H3,(H,21,23)/t11-/m0/s1. The van der Waals surface area contributed by atoms with Crippen molar-refractivity contribution >= 4 is 17.3 Å². The molecule has 1 atom stereocenters. The maximum Gasteiger partial charge on any atom is 0.292 e. The van der Waals surface area contributed by atoms with Gasteiger partial charge in [0.15, 0.2) is 0 Å². The summed E-state index contributed by atoms with van der Waals surface area (Å²) in [7, 11) is 0. The Kier molecular flexibility index (Phi) is 5.16. The average molecular weight is 371 g/mol. The molecule has 8 nitrogen and oxygen atoms in total. The van der Waals surface area contributed by atoms with Gasteiger partial charge in [0.1, 0.15) is 23.3 Å². The second-order valence-electron chi connectivity index (χ2n) is 6.35. The van der Waals surface area contributed by atoms with Crippen molar-refractivity contribution < 1.29 is 19.2 Å². The number of hydrogen-bond acceptors (Lipinski definition) is 6. The van der Waals surface area contributed by atoms with Crippen molar-refractivity contribution in [3.8, 4) is 11.5 Å². The van der Waals surface area contributed by atoms with Gasteiger partial charge in [0, 0.05) is 35.7 Å². The molecule has 1 amide bonds. The van der Waals surface area contributed by atoms with E-state index < -0.39 is 10.8 Å². The van der Waals surface area contributed by atoms with Crippen molar-refractivity contribution in [3.63, 3.8) is 0 Å². The van der Waals surface area contributed by atoms with Gasteiger partial charge in [0.25, 0.3) is 11.6 Å². The van der Waals surface area contributed by atoms with Gasteiger partial charge in [-0.25, -0.2) is 0 Å². The molecular weight excluding hydrogens is 350 g/mol. The quantitative estimate of drug-likeness (QED) is 0.458. The molecule has 1 heterocycles. The first-order valence-electron chi connectivity index (χ1n) is 8.66. The van der Waals surface area contributed by atoms with Gasteiger partial charge in [-0.2, -0.15) is 0 Å². The number of carbonyl (C=O) groups is 1. The van der Waals surface area contributed by atoms with E-state index in [4.69, 9.17) is 15.2 Å². The van der Waals surface area contributed by atoms with Gasteiger partial charge in [-0.3, -0.25) is 14.9 Å². The van der Waals surface area contributed by atoms with Crippen LogP contribution in [0.15, 0.2) is 30.3 Å². The van der Waals surface area contributed by atoms with Crippen LogP contribution in [0.4, 0.5) is 11.4 Å². The van der Waals surface area contributed by atoms with Crippen LogP contribution in [-0.2, 0) is 13.0 Å². The summed E-state index contributed by atoms with van der Waals surface area (Å²) in [5, 5.41) is 13.8. The maximum absolute atomic E-state index is 12.4. The molecule has 0 aromatic heterocycles. The third kappa shape index (κ3) is 3.94. The fourth-order valence-electron chi connectivity index (χ4n) is 3.03. The largest absolute Gasteiger partial charge is 0.494 e. The summed E-state index contributed by atoms with van der Waals surface area (Å²) in [6.45, 7) is 4.59. The van der Waals surface area contributed by atoms with Crippen LogP contribution >= 0.6 is 0 Å². The molecule has 0 bridgehead atoms. The van der Waals surface area contributed by atoms with E-state index in [1.54, 1.807) is 0 Å². The molecule has 0 spiro atoms. The summed E-state index contributed by atoms with van der Waals surface area (Å²) < 4.78 is 11.5. The maximum atomic E-state index is 12.4. The highest BCUT2D eigenvalue weighted by atomic mass is 16.6. The minimum atomic E-state index is -0.613. The molecule has 8 heteroatoms. The van der Waals surface area contributed by atoms with Crippen LogP contribution in [0.3, 0.4) is 0 Å². The van der Waals surface area contributed by atoms with Crippen molar-refractivity contribution in [2.45, 2.75) is 32.9 Å². The Morgan fingerprint density at radius 2 is 2.19 bits per heavy atom. The summed E-state index contributed by atoms with van der Waals surface area (Å²) in [5.41, 5.74) is 7.31. The van der Waals surface area contributed by atoms with E-state index in [1.165, 1.54) is 18.2 Å². The normalized spacial score (nSPS) is 15.0. The molecule has 2 aromatic carbocycles. The van der Waals surface area contributed by atoms with Gasteiger partial charge in [0.05, 0.1) is 11.5 Å². The summed E-state index contributed by atoms with van der Waals surface area (Å²) in [4.78, 5) is 22.8. The van der Waals surface area contributed by atoms with Crippen LogP contribution in [0, 0.1) is 10.1 Å². The molecule has 1 aliphatic rings. The zero-order chi connectivity index (χ0) is 19.6. The molecule has 3 N–H and O–H groups in total. The van der Waals surface area contributed by atoms with Gasteiger partial charge in [-0.1, -0.05) is 0 Å². The second-order valence-corrected chi connectivity index (χ2v) is 6.35. The van der Waals surface area contributed by atoms with E-state index >= 15 is 0 Å². The van der Waals surface area contributed by atoms with Gasteiger partial charge >= 0.3 is 0 Å². The summed E-state index contributed by atoms with van der Waals surface area (Å²) in [5.74, 6) is 1.05. The highest BCUT2D eigenvalue weighted by Gasteiger charge is 2.22. The molecule has 2 aromatic rings. The van der Waals surface area contributed by atoms with Crippen LogP contribution in [0.1, 0.15) is 35.3 Å². The minimum absolute atomic E-state index is 0.0140. The first-order valence-corrected chi connectivity index (χ1v) is 8.66. The van der Waals surface area contributed by atoms with Crippen LogP contribution < -0.4 is 20.5 Å². The fraction of sp³-hybridized carbons (Fsp3) is 0.316. The Balaban J connectivity index is 1.78. The van der Waals surface area contributed by atoms with Crippen molar-refractivity contribution in [1.82, 2.24) is 5.32 Å². The zero-order valence-electron chi connectivity index (χ0n) is 15.2. The van der Waals surface area contributed by atoms with Gasteiger partial charge in [-0.15, -0.1) is 0 Å². The Labute approximate surface area is 156 Å². The number of nitro groups is 1. The van der Waals surface area contributed by atoms with Crippen molar-refractivity contribution in [2.24, 2.45) is 0 Å². The lowest BCUT2D eigenvalue weighted by Crippen LogP contribution is -2.23. The molecule has 0 fully saturated rings. The van der Waals surface area contributed by atoms with Crippen LogP contribution in [-0.4, -0.2) is 23.5 Å². The summed E-state index contributed by atoms with van der Waals surface area (Å²) in [6.07, 6.45) is 0.923. The van der Waals surface area contributed by atoms with Crippen molar-refractivity contribution in [1.29, 1.82) is 0 Å². The molecule has 3 rings (SSSR count). The number of nitrogens with two attached hydrogens (primary N) is 1. The first kappa shape index (κ1) is 18.5. The van der Waals surface area contributed by atoms with Gasteiger partial charge < -0.3 is 20.5 Å². The van der Waals surface area contributed by atoms with Crippen LogP contribution in [0.25, 0.3) is 0 Å². The fourth-order valence-corrected chi connectivity index (χ4v) is 3.03. The Hall–Kier alpha value is -3.29. The van der Waals surface area contributed by atoms with E-state index in [-0.39, 0.29) is 29.6 Å². The van der Waals surface area contributed by atoms with E-state index in [2.05, 4.69) is 5.32 Å². The lowest BCUT2D eigenvalue weighted by Gasteiger charge is -2.13. The lowest BCUT2D eigenvalue weighted by molar-refractivity contribution is -0.383. The number of nitro benzene ring substituents is 1. The minimum Gasteiger partial charge on any atom is -0.494 e. The molecule has 142 valence electrons. The Bertz CT molecular complexity index is 897. The van der Waals surface area contributed by atoms with E-state index in [0.717, 1.165) is 23.3 Å². The van der Waals surface area contributed by atoms with E-state index in [9.17, 15) is 14.9 Å². The highest BCUT2D eigenvalue weighted by molar-refractivity contribution is 5.95. The number of benzene rings is 2. The van der Waals surface area contributed by atoms with Gasteiger partial charge in [-0.05, 0) is 38.1 Å². The SMILES string of the molecule is CCOc1cc2c(cc1CNC(=O)c1ccc(N)c([N+](=O)[O-])c1)O[C@@H](C)C2. The molecular formula is C19H21N3O5. The van der Waals surface area contributed by atoms with Crippen molar-refractivity contribution in [3.05, 3.63) is 57.1 Å². The number of rotatable bonds is 6. The number of fused-ring (bicyclic) bond motifs is 1. The van der Waals surface area contributed by atoms with Gasteiger partial charge in [0.2, 0.25) is 0 Å². The van der Waals surface area contributed by atoms with E-state index in [0.29, 0.717) is 12.4 Å². The number of amides is 1. The molecule has 0 aliphatic carbocycles. The second kappa shape index (κ2) is 7.53. The number of nitrogens with zero attached hydrogens (tertiary/aromatic N) is 1. The highest BCUT2D eigenvalue weighted by Crippen LogP contribution is 2.35. The van der Waals surface area contributed by atoms with Crippen molar-refractivity contribution in [2.75, 3.05) is 12.3 Å². The van der Waals surface area contributed by atoms with Crippen LogP contribution in [0.5, 0.6) is 11.5 Å². The summed E-state index contributed by atoms with van der Waals surface area (Å²) in [6, 6.07) is 7.78. The average Bonchev–Trinajstić information content (AvgIpc) is 2.98. The summed E-state index contributed by atoms with van der Waals surface area (Å²) >= 11 is 0. The zero-order valence-corrected chi connectivity index (χ0v) is 15.2. The number of hydrogen-bond donors (Lipinski definition) is 2. The Morgan fingerprint density at radius 1 is 1.41 bits per heavy atom. The molecule has 0 radical (unpaired) electrons. The third-order valence-corrected chi connectivity index (χ3v) is 4.31. The molecule has 0 saturated heterocycles. The number of carbonyl (C=O) groups excluding carboxylic acids is 1. The monoisotopic (exact) mass is 371 g/mol. The molecule has 0 saturated carbocycles. The first-order chi connectivity index (χ1) is 12.9. The topological polar surface area (TPSA) is 117 Å². The smallest absolute Gasteiger partial charge is 0.292 e. The van der Waals surface area contributed by atoms with E-state index in [1.807, 2.05) is 26.0 Å². The predicted molar refractivity (Wildman–Crippen MR) is 100 cm³/mol. The number of anilines is 1. The molecule has 27 heavy (non-hydrogen) atoms. The number of nitrogen functional groups attached to an aromatic ring is 1. The van der Waals surface area contributed by atoms with Crippen LogP contribution in [0.2, 0.25) is 0 Å². The molecule has 0 unspecified atom stereocenters. The predicted octanol–water partition coefficient (Wildman–Crippen LogP) is 2.83. The third-order valence-electron chi connectivity index (χ3n) is 4.31. The molecule has 1 aliphatic heterocycles. The number of nitrogens with one attached hydrogen (secondary N) is 1. The number of ether oxygens (including phenoxy) is 2.